The van der Waals surface area contributed by atoms with Gasteiger partial charge in [-0.1, -0.05) is 6.92 Å². The number of thiazole rings is 1. The summed E-state index contributed by atoms with van der Waals surface area (Å²) in [4.78, 5) is 18.1. The molecule has 0 bridgehead atoms. The number of hydrogen-bond donors (Lipinski definition) is 0. The first-order valence-electron chi connectivity index (χ1n) is 6.37. The van der Waals surface area contributed by atoms with Gasteiger partial charge in [-0.2, -0.15) is 0 Å². The number of ketones is 1. The first kappa shape index (κ1) is 12.9. The molecule has 0 fully saturated rings. The van der Waals surface area contributed by atoms with E-state index < -0.39 is 0 Å². The molecule has 0 aliphatic rings. The third kappa shape index (κ3) is 2.00. The predicted octanol–water partition coefficient (Wildman–Crippen LogP) is 3.20. The molecule has 0 N–H and O–H groups in total. The molecular formula is C15H14N2O2S. The molecule has 20 heavy (non-hydrogen) atoms. The summed E-state index contributed by atoms with van der Waals surface area (Å²) in [7, 11) is 1.61. The second-order valence-electron chi connectivity index (χ2n) is 4.37. The van der Waals surface area contributed by atoms with Gasteiger partial charge < -0.3 is 4.74 Å². The first-order chi connectivity index (χ1) is 9.74. The van der Waals surface area contributed by atoms with Crippen LogP contribution in [0.3, 0.4) is 0 Å². The molecule has 1 aromatic carbocycles. The second-order valence-corrected chi connectivity index (χ2v) is 5.25. The number of aromatic nitrogens is 2. The third-order valence-corrected chi connectivity index (χ3v) is 3.99. The van der Waals surface area contributed by atoms with Gasteiger partial charge in [-0.3, -0.25) is 9.20 Å². The number of aryl methyl sites for hydroxylation is 1. The smallest absolute Gasteiger partial charge is 0.211 e. The van der Waals surface area contributed by atoms with Crippen LogP contribution < -0.4 is 4.74 Å². The maximum Gasteiger partial charge on any atom is 0.211 e. The van der Waals surface area contributed by atoms with Crippen molar-refractivity contribution in [3.8, 4) is 5.75 Å². The van der Waals surface area contributed by atoms with E-state index in [-0.39, 0.29) is 5.78 Å². The van der Waals surface area contributed by atoms with E-state index in [0.29, 0.717) is 11.3 Å². The molecule has 0 amide bonds. The van der Waals surface area contributed by atoms with Crippen molar-refractivity contribution in [1.82, 2.24) is 9.38 Å². The molecule has 0 aliphatic heterocycles. The minimum absolute atomic E-state index is 0.00426. The molecule has 4 nitrogen and oxygen atoms in total. The van der Waals surface area contributed by atoms with Gasteiger partial charge >= 0.3 is 0 Å². The highest BCUT2D eigenvalue weighted by Crippen LogP contribution is 2.22. The number of nitrogens with zero attached hydrogens (tertiary/aromatic N) is 2. The molecule has 102 valence electrons. The van der Waals surface area contributed by atoms with Gasteiger partial charge in [0.05, 0.1) is 12.8 Å². The Morgan fingerprint density at radius 2 is 2.10 bits per heavy atom. The Bertz CT molecular complexity index is 756. The number of fused-ring (bicyclic) bond motifs is 1. The van der Waals surface area contributed by atoms with Crippen LogP contribution in [0.4, 0.5) is 0 Å². The van der Waals surface area contributed by atoms with Crippen molar-refractivity contribution in [2.24, 2.45) is 0 Å². The van der Waals surface area contributed by atoms with Gasteiger partial charge in [0.25, 0.3) is 0 Å². The van der Waals surface area contributed by atoms with Crippen molar-refractivity contribution in [2.45, 2.75) is 13.3 Å². The lowest BCUT2D eigenvalue weighted by atomic mass is 10.1. The molecular weight excluding hydrogens is 272 g/mol. The summed E-state index contributed by atoms with van der Waals surface area (Å²) in [5.74, 6) is 0.738. The lowest BCUT2D eigenvalue weighted by Crippen LogP contribution is -2.07. The highest BCUT2D eigenvalue weighted by molar-refractivity contribution is 7.15. The summed E-state index contributed by atoms with van der Waals surface area (Å²) >= 11 is 1.54. The lowest BCUT2D eigenvalue weighted by Gasteiger charge is -2.04. The van der Waals surface area contributed by atoms with Gasteiger partial charge in [-0.15, -0.1) is 11.3 Å². The van der Waals surface area contributed by atoms with Crippen LogP contribution in [-0.2, 0) is 6.42 Å². The van der Waals surface area contributed by atoms with Crippen molar-refractivity contribution in [3.63, 3.8) is 0 Å². The Kier molecular flexibility index (Phi) is 3.28. The molecule has 0 radical (unpaired) electrons. The van der Waals surface area contributed by atoms with Crippen molar-refractivity contribution in [2.75, 3.05) is 7.11 Å². The number of carbonyl (C=O) groups excluding carboxylic acids is 1. The average Bonchev–Trinajstić information content (AvgIpc) is 3.06. The van der Waals surface area contributed by atoms with Crippen LogP contribution in [0.5, 0.6) is 5.75 Å². The van der Waals surface area contributed by atoms with E-state index in [0.717, 1.165) is 22.8 Å². The van der Waals surface area contributed by atoms with Crippen LogP contribution in [0.25, 0.3) is 4.96 Å². The molecule has 0 saturated carbocycles. The summed E-state index contributed by atoms with van der Waals surface area (Å²) in [5.41, 5.74) is 2.15. The van der Waals surface area contributed by atoms with E-state index >= 15 is 0 Å². The number of methoxy groups -OCH3 is 1. The Labute approximate surface area is 120 Å². The number of imidazole rings is 1. The van der Waals surface area contributed by atoms with Gasteiger partial charge in [0.15, 0.2) is 4.96 Å². The van der Waals surface area contributed by atoms with E-state index in [1.807, 2.05) is 22.9 Å². The third-order valence-electron chi connectivity index (χ3n) is 3.24. The second kappa shape index (κ2) is 5.09. The Morgan fingerprint density at radius 3 is 2.75 bits per heavy atom. The summed E-state index contributed by atoms with van der Waals surface area (Å²) in [5, 5.41) is 1.94. The monoisotopic (exact) mass is 286 g/mol. The quantitative estimate of drug-likeness (QED) is 0.692. The van der Waals surface area contributed by atoms with Crippen LogP contribution in [0, 0.1) is 0 Å². The standard InChI is InChI=1S/C15H14N2O2S/c1-3-12-13(17-8-9-20-15(17)16-12)14(18)10-4-6-11(19-2)7-5-10/h4-9H,3H2,1-2H3. The summed E-state index contributed by atoms with van der Waals surface area (Å²) in [6.45, 7) is 2.01. The van der Waals surface area contributed by atoms with E-state index in [4.69, 9.17) is 4.74 Å². The molecule has 0 aliphatic carbocycles. The maximum absolute atomic E-state index is 12.7. The fourth-order valence-corrected chi connectivity index (χ4v) is 2.93. The molecule has 5 heteroatoms. The van der Waals surface area contributed by atoms with Crippen LogP contribution in [0.1, 0.15) is 28.7 Å². The minimum Gasteiger partial charge on any atom is -0.497 e. The van der Waals surface area contributed by atoms with Crippen LogP contribution >= 0.6 is 11.3 Å². The van der Waals surface area contributed by atoms with E-state index in [1.54, 1.807) is 31.4 Å². The fraction of sp³-hybridized carbons (Fsp3) is 0.200. The largest absolute Gasteiger partial charge is 0.497 e. The zero-order valence-corrected chi connectivity index (χ0v) is 12.1. The van der Waals surface area contributed by atoms with Crippen molar-refractivity contribution >= 4 is 22.1 Å². The Hall–Kier alpha value is -2.14. The molecule has 3 aromatic rings. The maximum atomic E-state index is 12.7. The summed E-state index contributed by atoms with van der Waals surface area (Å²) in [6.07, 6.45) is 2.63. The number of rotatable bonds is 4. The highest BCUT2D eigenvalue weighted by atomic mass is 32.1. The molecule has 0 spiro atoms. The van der Waals surface area contributed by atoms with Crippen LogP contribution in [0.2, 0.25) is 0 Å². The molecule has 2 aromatic heterocycles. The lowest BCUT2D eigenvalue weighted by molar-refractivity contribution is 0.103. The van der Waals surface area contributed by atoms with Crippen molar-refractivity contribution < 1.29 is 9.53 Å². The van der Waals surface area contributed by atoms with Gasteiger partial charge in [-0.25, -0.2) is 4.98 Å². The zero-order chi connectivity index (χ0) is 14.1. The van der Waals surface area contributed by atoms with Gasteiger partial charge in [0.1, 0.15) is 11.4 Å². The van der Waals surface area contributed by atoms with E-state index in [1.165, 1.54) is 11.3 Å². The first-order valence-corrected chi connectivity index (χ1v) is 7.25. The molecule has 0 saturated heterocycles. The topological polar surface area (TPSA) is 43.6 Å². The van der Waals surface area contributed by atoms with Crippen LogP contribution in [-0.4, -0.2) is 22.3 Å². The van der Waals surface area contributed by atoms with Crippen LogP contribution in [0.15, 0.2) is 35.8 Å². The number of ether oxygens (including phenoxy) is 1. The van der Waals surface area contributed by atoms with Crippen molar-refractivity contribution in [1.29, 1.82) is 0 Å². The summed E-state index contributed by atoms with van der Waals surface area (Å²) in [6, 6.07) is 7.16. The van der Waals surface area contributed by atoms with Gasteiger partial charge in [0, 0.05) is 17.1 Å². The average molecular weight is 286 g/mol. The number of carbonyl (C=O) groups is 1. The SMILES string of the molecule is CCc1nc2sccn2c1C(=O)c1ccc(OC)cc1. The normalized spacial score (nSPS) is 10.9. The Morgan fingerprint density at radius 1 is 1.35 bits per heavy atom. The minimum atomic E-state index is -0.00426. The van der Waals surface area contributed by atoms with Crippen molar-refractivity contribution in [3.05, 3.63) is 52.8 Å². The summed E-state index contributed by atoms with van der Waals surface area (Å²) < 4.78 is 6.99. The fourth-order valence-electron chi connectivity index (χ4n) is 2.20. The molecule has 0 unspecified atom stereocenters. The highest BCUT2D eigenvalue weighted by Gasteiger charge is 2.20. The predicted molar refractivity (Wildman–Crippen MR) is 78.9 cm³/mol. The van der Waals surface area contributed by atoms with E-state index in [9.17, 15) is 4.79 Å². The number of benzene rings is 1. The molecule has 2 heterocycles. The van der Waals surface area contributed by atoms with E-state index in [2.05, 4.69) is 4.98 Å². The zero-order valence-electron chi connectivity index (χ0n) is 11.3. The Balaban J connectivity index is 2.08. The number of hydrogen-bond acceptors (Lipinski definition) is 4. The van der Waals surface area contributed by atoms with Gasteiger partial charge in [0.2, 0.25) is 5.78 Å². The molecule has 0 atom stereocenters. The molecule has 3 rings (SSSR count). The van der Waals surface area contributed by atoms with Gasteiger partial charge in [-0.05, 0) is 30.7 Å².